The lowest BCUT2D eigenvalue weighted by molar-refractivity contribution is 0.0947. The zero-order chi connectivity index (χ0) is 18.1. The van der Waals surface area contributed by atoms with Crippen LogP contribution in [0.1, 0.15) is 40.0 Å². The molecule has 2 aromatic heterocycles. The third kappa shape index (κ3) is 6.09. The van der Waals surface area contributed by atoms with Crippen LogP contribution < -0.4 is 10.6 Å². The molecule has 0 saturated carbocycles. The van der Waals surface area contributed by atoms with Crippen molar-refractivity contribution in [3.05, 3.63) is 48.0 Å². The van der Waals surface area contributed by atoms with Gasteiger partial charge in [-0.25, -0.2) is 0 Å². The molecular weight excluding hydrogens is 324 g/mol. The maximum Gasteiger partial charge on any atom is 0.252 e. The highest BCUT2D eigenvalue weighted by Gasteiger charge is 2.07. The smallest absolute Gasteiger partial charge is 0.252 e. The number of amides is 2. The highest BCUT2D eigenvalue weighted by molar-refractivity contribution is 5.94. The van der Waals surface area contributed by atoms with Crippen molar-refractivity contribution >= 4 is 11.8 Å². The van der Waals surface area contributed by atoms with Gasteiger partial charge >= 0.3 is 0 Å². The summed E-state index contributed by atoms with van der Waals surface area (Å²) in [5.74, 6) is -0.670. The maximum absolute atomic E-state index is 11.8. The van der Waals surface area contributed by atoms with E-state index in [1.807, 2.05) is 0 Å². The zero-order valence-electron chi connectivity index (χ0n) is 13.6. The fourth-order valence-electron chi connectivity index (χ4n) is 2.14. The number of pyridine rings is 2. The van der Waals surface area contributed by atoms with Crippen LogP contribution in [0.15, 0.2) is 36.9 Å². The van der Waals surface area contributed by atoms with Gasteiger partial charge in [-0.2, -0.15) is 0 Å². The van der Waals surface area contributed by atoms with E-state index >= 15 is 0 Å². The molecule has 0 aliphatic rings. The lowest BCUT2D eigenvalue weighted by Gasteiger charge is -2.07. The van der Waals surface area contributed by atoms with Crippen molar-refractivity contribution in [2.45, 2.75) is 19.3 Å². The first-order valence-corrected chi connectivity index (χ1v) is 7.90. The molecule has 0 saturated heterocycles. The molecule has 2 rings (SSSR count). The van der Waals surface area contributed by atoms with Crippen LogP contribution in [0.3, 0.4) is 0 Å². The maximum atomic E-state index is 11.8. The first-order valence-electron chi connectivity index (χ1n) is 7.90. The van der Waals surface area contributed by atoms with E-state index < -0.39 is 0 Å². The van der Waals surface area contributed by atoms with E-state index in [4.69, 9.17) is 0 Å². The van der Waals surface area contributed by atoms with E-state index in [0.717, 1.165) is 19.3 Å². The number of aromatic nitrogens is 2. The molecule has 0 atom stereocenters. The second-order valence-electron chi connectivity index (χ2n) is 5.44. The first-order chi connectivity index (χ1) is 12.1. The molecule has 2 amide bonds. The number of unbranched alkanes of at least 4 members (excludes halogenated alkanes) is 2. The molecule has 132 valence electrons. The average molecular weight is 344 g/mol. The van der Waals surface area contributed by atoms with Crippen molar-refractivity contribution in [3.8, 4) is 11.5 Å². The standard InChI is InChI=1S/C17H20N4O4/c22-14-6-12(8-18-10-14)16(24)20-4-2-1-3-5-21-17(25)13-7-15(23)11-19-9-13/h6-11,22-23H,1-5H2,(H,20,24)(H,21,25). The minimum absolute atomic E-state index is 0.0506. The average Bonchev–Trinajstić information content (AvgIpc) is 2.60. The second kappa shape index (κ2) is 9.21. The number of carbonyl (C=O) groups excluding carboxylic acids is 2. The van der Waals surface area contributed by atoms with Crippen LogP contribution in [0.2, 0.25) is 0 Å². The predicted octanol–water partition coefficient (Wildman–Crippen LogP) is 1.22. The summed E-state index contributed by atoms with van der Waals surface area (Å²) in [5, 5.41) is 24.0. The largest absolute Gasteiger partial charge is 0.506 e. The zero-order valence-corrected chi connectivity index (χ0v) is 13.6. The number of hydrogen-bond donors (Lipinski definition) is 4. The molecule has 2 aromatic rings. The monoisotopic (exact) mass is 344 g/mol. The van der Waals surface area contributed by atoms with Gasteiger partial charge in [0.15, 0.2) is 0 Å². The van der Waals surface area contributed by atoms with E-state index in [0.29, 0.717) is 24.2 Å². The minimum Gasteiger partial charge on any atom is -0.506 e. The summed E-state index contributed by atoms with van der Waals surface area (Å²) < 4.78 is 0. The van der Waals surface area contributed by atoms with Gasteiger partial charge in [0.2, 0.25) is 0 Å². The number of hydrogen-bond acceptors (Lipinski definition) is 6. The van der Waals surface area contributed by atoms with Gasteiger partial charge < -0.3 is 20.8 Å². The summed E-state index contributed by atoms with van der Waals surface area (Å²) in [4.78, 5) is 31.1. The van der Waals surface area contributed by atoms with Crippen molar-refractivity contribution in [2.24, 2.45) is 0 Å². The third-order valence-electron chi connectivity index (χ3n) is 3.40. The van der Waals surface area contributed by atoms with E-state index in [1.54, 1.807) is 0 Å². The lowest BCUT2D eigenvalue weighted by Crippen LogP contribution is -2.26. The van der Waals surface area contributed by atoms with Gasteiger partial charge in [0.05, 0.1) is 23.5 Å². The lowest BCUT2D eigenvalue weighted by atomic mass is 10.2. The second-order valence-corrected chi connectivity index (χ2v) is 5.44. The highest BCUT2D eigenvalue weighted by Crippen LogP contribution is 2.09. The number of rotatable bonds is 8. The Labute approximate surface area is 144 Å². The van der Waals surface area contributed by atoms with Crippen molar-refractivity contribution < 1.29 is 19.8 Å². The number of aromatic hydroxyl groups is 2. The number of nitrogens with zero attached hydrogens (tertiary/aromatic N) is 2. The summed E-state index contributed by atoms with van der Waals surface area (Å²) in [6, 6.07) is 2.71. The van der Waals surface area contributed by atoms with Crippen LogP contribution in [0.5, 0.6) is 11.5 Å². The topological polar surface area (TPSA) is 124 Å². The molecule has 2 heterocycles. The van der Waals surface area contributed by atoms with Crippen LogP contribution in [0, 0.1) is 0 Å². The van der Waals surface area contributed by atoms with Gasteiger partial charge in [0, 0.05) is 25.5 Å². The number of nitrogens with one attached hydrogen (secondary N) is 2. The predicted molar refractivity (Wildman–Crippen MR) is 90.3 cm³/mol. The Morgan fingerprint density at radius 1 is 0.760 bits per heavy atom. The molecule has 0 unspecified atom stereocenters. The summed E-state index contributed by atoms with van der Waals surface area (Å²) >= 11 is 0. The fraction of sp³-hybridized carbons (Fsp3) is 0.294. The molecule has 0 aliphatic heterocycles. The van der Waals surface area contributed by atoms with E-state index in [2.05, 4.69) is 20.6 Å². The van der Waals surface area contributed by atoms with E-state index in [-0.39, 0.29) is 23.3 Å². The molecule has 8 heteroatoms. The van der Waals surface area contributed by atoms with Crippen LogP contribution in [-0.4, -0.2) is 45.1 Å². The minimum atomic E-state index is -0.284. The van der Waals surface area contributed by atoms with Crippen molar-refractivity contribution in [2.75, 3.05) is 13.1 Å². The van der Waals surface area contributed by atoms with Crippen molar-refractivity contribution in [1.29, 1.82) is 0 Å². The van der Waals surface area contributed by atoms with Crippen LogP contribution in [0.4, 0.5) is 0 Å². The van der Waals surface area contributed by atoms with Gasteiger partial charge in [-0.15, -0.1) is 0 Å². The van der Waals surface area contributed by atoms with Crippen molar-refractivity contribution in [3.63, 3.8) is 0 Å². The molecule has 0 bridgehead atoms. The molecule has 0 fully saturated rings. The van der Waals surface area contributed by atoms with Crippen molar-refractivity contribution in [1.82, 2.24) is 20.6 Å². The highest BCUT2D eigenvalue weighted by atomic mass is 16.3. The first kappa shape index (κ1) is 18.2. The van der Waals surface area contributed by atoms with Gasteiger partial charge in [0.25, 0.3) is 11.8 Å². The van der Waals surface area contributed by atoms with Gasteiger partial charge in [-0.1, -0.05) is 0 Å². The van der Waals surface area contributed by atoms with Gasteiger partial charge in [-0.05, 0) is 31.4 Å². The fourth-order valence-corrected chi connectivity index (χ4v) is 2.14. The van der Waals surface area contributed by atoms with E-state index in [1.165, 1.54) is 36.9 Å². The van der Waals surface area contributed by atoms with E-state index in [9.17, 15) is 19.8 Å². The number of carbonyl (C=O) groups is 2. The summed E-state index contributed by atoms with van der Waals surface area (Å²) in [6.07, 6.45) is 7.66. The molecule has 0 aliphatic carbocycles. The SMILES string of the molecule is O=C(NCCCCCNC(=O)c1cncc(O)c1)c1cncc(O)c1. The van der Waals surface area contributed by atoms with Gasteiger partial charge in [0.1, 0.15) is 11.5 Å². The Balaban J connectivity index is 1.58. The third-order valence-corrected chi connectivity index (χ3v) is 3.40. The Morgan fingerprint density at radius 2 is 1.20 bits per heavy atom. The summed E-state index contributed by atoms with van der Waals surface area (Å²) in [6.45, 7) is 0.998. The molecule has 8 nitrogen and oxygen atoms in total. The van der Waals surface area contributed by atoms with Crippen LogP contribution >= 0.6 is 0 Å². The Morgan fingerprint density at radius 3 is 1.60 bits per heavy atom. The Hall–Kier alpha value is -3.16. The molecule has 0 spiro atoms. The molecule has 4 N–H and O–H groups in total. The Bertz CT molecular complexity index is 675. The van der Waals surface area contributed by atoms with Crippen LogP contribution in [-0.2, 0) is 0 Å². The molecular formula is C17H20N4O4. The molecule has 0 radical (unpaired) electrons. The molecule has 0 aromatic carbocycles. The van der Waals surface area contributed by atoms with Crippen LogP contribution in [0.25, 0.3) is 0 Å². The summed E-state index contributed by atoms with van der Waals surface area (Å²) in [5.41, 5.74) is 0.624. The summed E-state index contributed by atoms with van der Waals surface area (Å²) in [7, 11) is 0. The normalized spacial score (nSPS) is 10.2. The van der Waals surface area contributed by atoms with Gasteiger partial charge in [-0.3, -0.25) is 19.6 Å². The Kier molecular flexibility index (Phi) is 6.70. The molecule has 25 heavy (non-hydrogen) atoms. The quantitative estimate of drug-likeness (QED) is 0.534.